The highest BCUT2D eigenvalue weighted by Crippen LogP contribution is 2.23. The minimum absolute atomic E-state index is 0.215. The second-order valence-electron chi connectivity index (χ2n) is 7.79. The minimum atomic E-state index is -0.618. The van der Waals surface area contributed by atoms with Crippen molar-refractivity contribution < 1.29 is 4.79 Å². The number of fused-ring (bicyclic) bond motifs is 4. The normalized spacial score (nSPS) is 13.6. The molecule has 1 amide bonds. The summed E-state index contributed by atoms with van der Waals surface area (Å²) >= 11 is 0. The van der Waals surface area contributed by atoms with Crippen LogP contribution in [0, 0.1) is 5.41 Å². The predicted octanol–water partition coefficient (Wildman–Crippen LogP) is 2.70. The van der Waals surface area contributed by atoms with Gasteiger partial charge in [0.1, 0.15) is 0 Å². The maximum absolute atomic E-state index is 13.1. The maximum atomic E-state index is 13.1. The van der Waals surface area contributed by atoms with Crippen molar-refractivity contribution in [2.75, 3.05) is 20.6 Å². The van der Waals surface area contributed by atoms with E-state index in [0.29, 0.717) is 22.1 Å². The molecule has 2 aromatic heterocycles. The van der Waals surface area contributed by atoms with E-state index in [1.807, 2.05) is 56.3 Å². The zero-order chi connectivity index (χ0) is 21.5. The number of nitrogens with zero attached hydrogens (tertiary/aromatic N) is 3. The SMILES string of the molecule is CN(C)[C@](C)(C=N)CNC(=O)c1cccn2c(=O)c3ccc4ccccc4c3nc12. The smallest absolute Gasteiger partial charge is 0.265 e. The molecule has 2 heterocycles. The summed E-state index contributed by atoms with van der Waals surface area (Å²) in [5.74, 6) is -0.338. The summed E-state index contributed by atoms with van der Waals surface area (Å²) < 4.78 is 1.41. The Kier molecular flexibility index (Phi) is 4.83. The molecule has 0 saturated carbocycles. The van der Waals surface area contributed by atoms with E-state index in [2.05, 4.69) is 5.32 Å². The molecule has 7 nitrogen and oxygen atoms in total. The number of nitrogens with one attached hydrogen (secondary N) is 2. The predicted molar refractivity (Wildman–Crippen MR) is 120 cm³/mol. The molecule has 30 heavy (non-hydrogen) atoms. The zero-order valence-corrected chi connectivity index (χ0v) is 17.1. The Morgan fingerprint density at radius 2 is 1.93 bits per heavy atom. The van der Waals surface area contributed by atoms with Crippen molar-refractivity contribution in [1.82, 2.24) is 19.6 Å². The van der Waals surface area contributed by atoms with Crippen molar-refractivity contribution in [3.8, 4) is 0 Å². The van der Waals surface area contributed by atoms with Crippen LogP contribution in [0.4, 0.5) is 0 Å². The van der Waals surface area contributed by atoms with Gasteiger partial charge < -0.3 is 10.7 Å². The number of carbonyl (C=O) groups is 1. The Hall–Kier alpha value is -3.58. The lowest BCUT2D eigenvalue weighted by molar-refractivity contribution is 0.0937. The number of aromatic nitrogens is 2. The number of rotatable bonds is 5. The van der Waals surface area contributed by atoms with Gasteiger partial charge in [0.2, 0.25) is 0 Å². The molecule has 0 radical (unpaired) electrons. The first-order valence-electron chi connectivity index (χ1n) is 9.66. The van der Waals surface area contributed by atoms with E-state index in [1.54, 1.807) is 24.4 Å². The Morgan fingerprint density at radius 3 is 2.67 bits per heavy atom. The molecule has 0 aliphatic heterocycles. The lowest BCUT2D eigenvalue weighted by Gasteiger charge is -2.32. The van der Waals surface area contributed by atoms with Crippen LogP contribution in [-0.2, 0) is 0 Å². The van der Waals surface area contributed by atoms with Gasteiger partial charge in [-0.1, -0.05) is 30.3 Å². The number of amides is 1. The average molecular weight is 401 g/mol. The van der Waals surface area contributed by atoms with Gasteiger partial charge in [0.05, 0.1) is 22.0 Å². The summed E-state index contributed by atoms with van der Waals surface area (Å²) in [4.78, 5) is 32.7. The van der Waals surface area contributed by atoms with Crippen LogP contribution in [0.2, 0.25) is 0 Å². The molecule has 0 saturated heterocycles. The standard InChI is InChI=1S/C23H23N5O2/c1-23(13-24,27(2)3)14-25-21(29)18-9-6-12-28-20(18)26-19-16-8-5-4-7-15(16)10-11-17(19)22(28)30/h4-13,24H,14H2,1-3H3,(H,25,29)/t23-/m1/s1. The summed E-state index contributed by atoms with van der Waals surface area (Å²) in [5.41, 5.74) is 0.373. The third kappa shape index (κ3) is 3.13. The molecule has 152 valence electrons. The van der Waals surface area contributed by atoms with E-state index < -0.39 is 5.54 Å². The molecule has 0 fully saturated rings. The quantitative estimate of drug-likeness (QED) is 0.306. The number of benzene rings is 2. The number of pyridine rings is 1. The molecular formula is C23H23N5O2. The number of likely N-dealkylation sites (N-methyl/N-ethyl adjacent to an activating group) is 1. The molecule has 7 heteroatoms. The molecule has 1 atom stereocenters. The Balaban J connectivity index is 1.87. The van der Waals surface area contributed by atoms with E-state index >= 15 is 0 Å². The second-order valence-corrected chi connectivity index (χ2v) is 7.79. The summed E-state index contributed by atoms with van der Waals surface area (Å²) in [7, 11) is 3.71. The summed E-state index contributed by atoms with van der Waals surface area (Å²) in [6.45, 7) is 2.12. The molecule has 0 aliphatic rings. The lowest BCUT2D eigenvalue weighted by atomic mass is 10.0. The maximum Gasteiger partial charge on any atom is 0.265 e. The van der Waals surface area contributed by atoms with Crippen molar-refractivity contribution in [1.29, 1.82) is 5.41 Å². The van der Waals surface area contributed by atoms with Gasteiger partial charge in [-0.3, -0.25) is 18.9 Å². The fourth-order valence-corrected chi connectivity index (χ4v) is 3.43. The zero-order valence-electron chi connectivity index (χ0n) is 17.1. The van der Waals surface area contributed by atoms with E-state index in [1.165, 1.54) is 10.6 Å². The molecule has 0 unspecified atom stereocenters. The van der Waals surface area contributed by atoms with Gasteiger partial charge in [-0.15, -0.1) is 0 Å². The Bertz CT molecular complexity index is 1360. The Labute approximate surface area is 173 Å². The average Bonchev–Trinajstić information content (AvgIpc) is 2.76. The van der Waals surface area contributed by atoms with E-state index in [9.17, 15) is 9.59 Å². The van der Waals surface area contributed by atoms with Gasteiger partial charge in [0.25, 0.3) is 11.5 Å². The van der Waals surface area contributed by atoms with Crippen molar-refractivity contribution in [3.63, 3.8) is 0 Å². The first-order chi connectivity index (χ1) is 14.4. The molecule has 4 aromatic rings. The van der Waals surface area contributed by atoms with Crippen LogP contribution in [0.25, 0.3) is 27.3 Å². The van der Waals surface area contributed by atoms with E-state index in [-0.39, 0.29) is 18.0 Å². The van der Waals surface area contributed by atoms with Gasteiger partial charge in [0, 0.05) is 24.3 Å². The van der Waals surface area contributed by atoms with Gasteiger partial charge in [-0.2, -0.15) is 0 Å². The van der Waals surface area contributed by atoms with Crippen LogP contribution < -0.4 is 10.9 Å². The molecule has 0 spiro atoms. The highest BCUT2D eigenvalue weighted by molar-refractivity contribution is 6.07. The topological polar surface area (TPSA) is 90.6 Å². The highest BCUT2D eigenvalue weighted by atomic mass is 16.2. The lowest BCUT2D eigenvalue weighted by Crippen LogP contribution is -2.51. The van der Waals surface area contributed by atoms with Crippen LogP contribution in [0.5, 0.6) is 0 Å². The molecule has 2 N–H and O–H groups in total. The first-order valence-corrected chi connectivity index (χ1v) is 9.66. The summed E-state index contributed by atoms with van der Waals surface area (Å²) in [6.07, 6.45) is 2.93. The van der Waals surface area contributed by atoms with Crippen molar-refractivity contribution in [2.45, 2.75) is 12.5 Å². The van der Waals surface area contributed by atoms with Crippen LogP contribution in [-0.4, -0.2) is 52.6 Å². The molecule has 0 bridgehead atoms. The van der Waals surface area contributed by atoms with Crippen molar-refractivity contribution in [3.05, 3.63) is 70.6 Å². The highest BCUT2D eigenvalue weighted by Gasteiger charge is 2.25. The largest absolute Gasteiger partial charge is 0.350 e. The van der Waals surface area contributed by atoms with Gasteiger partial charge in [0.15, 0.2) is 5.65 Å². The molecular weight excluding hydrogens is 378 g/mol. The Morgan fingerprint density at radius 1 is 1.17 bits per heavy atom. The third-order valence-electron chi connectivity index (χ3n) is 5.72. The molecule has 0 aliphatic carbocycles. The van der Waals surface area contributed by atoms with E-state index in [4.69, 9.17) is 10.4 Å². The van der Waals surface area contributed by atoms with E-state index in [0.717, 1.165) is 10.8 Å². The first kappa shape index (κ1) is 19.7. The second kappa shape index (κ2) is 7.35. The van der Waals surface area contributed by atoms with Gasteiger partial charge >= 0.3 is 0 Å². The van der Waals surface area contributed by atoms with Crippen LogP contribution in [0.1, 0.15) is 17.3 Å². The monoisotopic (exact) mass is 401 g/mol. The minimum Gasteiger partial charge on any atom is -0.350 e. The summed E-state index contributed by atoms with van der Waals surface area (Å²) in [5, 5.41) is 12.9. The van der Waals surface area contributed by atoms with Crippen LogP contribution in [0.15, 0.2) is 59.5 Å². The molecule has 2 aromatic carbocycles. The van der Waals surface area contributed by atoms with Gasteiger partial charge in [-0.25, -0.2) is 4.98 Å². The van der Waals surface area contributed by atoms with Crippen LogP contribution >= 0.6 is 0 Å². The van der Waals surface area contributed by atoms with Crippen molar-refractivity contribution in [2.24, 2.45) is 0 Å². The third-order valence-corrected chi connectivity index (χ3v) is 5.72. The van der Waals surface area contributed by atoms with Gasteiger partial charge in [-0.05, 0) is 44.6 Å². The fourth-order valence-electron chi connectivity index (χ4n) is 3.43. The summed E-state index contributed by atoms with van der Waals surface area (Å²) in [6, 6.07) is 14.7. The van der Waals surface area contributed by atoms with Crippen molar-refractivity contribution >= 4 is 39.4 Å². The fraction of sp³-hybridized carbons (Fsp3) is 0.217. The number of hydrogen-bond acceptors (Lipinski definition) is 5. The number of carbonyl (C=O) groups excluding carboxylic acids is 1. The molecule has 4 rings (SSSR count). The van der Waals surface area contributed by atoms with Crippen LogP contribution in [0.3, 0.4) is 0 Å². The number of hydrogen-bond donors (Lipinski definition) is 2.